The molecule has 2 aromatic rings. The molecule has 0 aliphatic rings. The van der Waals surface area contributed by atoms with Gasteiger partial charge in [-0.2, -0.15) is 0 Å². The molecular formula is C11H9N3OS. The quantitative estimate of drug-likeness (QED) is 0.599. The summed E-state index contributed by atoms with van der Waals surface area (Å²) in [6.07, 6.45) is 3.38. The van der Waals surface area contributed by atoms with E-state index in [0.29, 0.717) is 16.9 Å². The Hall–Kier alpha value is -1.80. The van der Waals surface area contributed by atoms with E-state index >= 15 is 0 Å². The topological polar surface area (TPSA) is 51.8 Å². The maximum atomic E-state index is 5.46. The van der Waals surface area contributed by atoms with Crippen LogP contribution in [0.4, 0.5) is 0 Å². The molecule has 0 fully saturated rings. The number of rotatable bonds is 3. The molecule has 0 atom stereocenters. The van der Waals surface area contributed by atoms with Crippen molar-refractivity contribution in [1.29, 1.82) is 0 Å². The zero-order valence-electron chi connectivity index (χ0n) is 8.67. The van der Waals surface area contributed by atoms with Crippen molar-refractivity contribution in [2.24, 2.45) is 0 Å². The van der Waals surface area contributed by atoms with Gasteiger partial charge in [-0.25, -0.2) is 0 Å². The van der Waals surface area contributed by atoms with Gasteiger partial charge >= 0.3 is 0 Å². The van der Waals surface area contributed by atoms with E-state index in [4.69, 9.17) is 4.42 Å². The van der Waals surface area contributed by atoms with Gasteiger partial charge in [-0.15, -0.1) is 16.1 Å². The van der Waals surface area contributed by atoms with E-state index in [9.17, 15) is 0 Å². The third kappa shape index (κ3) is 2.61. The lowest BCUT2D eigenvalue weighted by atomic mass is 10.3. The average molecular weight is 231 g/mol. The number of hydrogen-bond acceptors (Lipinski definition) is 5. The first kappa shape index (κ1) is 10.7. The lowest BCUT2D eigenvalue weighted by Crippen LogP contribution is -1.77. The fourth-order valence-corrected chi connectivity index (χ4v) is 1.63. The van der Waals surface area contributed by atoms with Gasteiger partial charge in [0.05, 0.1) is 5.75 Å². The number of nitrogens with zero attached hydrogens (tertiary/aromatic N) is 3. The molecule has 5 heteroatoms. The van der Waals surface area contributed by atoms with Crippen LogP contribution < -0.4 is 0 Å². The predicted octanol–water partition coefficient (Wildman–Crippen LogP) is 2.25. The molecule has 2 heterocycles. The molecule has 0 radical (unpaired) electrons. The summed E-state index contributed by atoms with van der Waals surface area (Å²) in [5, 5.41) is 8.41. The van der Waals surface area contributed by atoms with Crippen LogP contribution in [0.5, 0.6) is 0 Å². The zero-order valence-corrected chi connectivity index (χ0v) is 9.49. The van der Waals surface area contributed by atoms with Crippen molar-refractivity contribution in [3.63, 3.8) is 0 Å². The molecule has 0 spiro atoms. The predicted molar refractivity (Wildman–Crippen MR) is 61.7 cm³/mol. The second-order valence-electron chi connectivity index (χ2n) is 2.82. The van der Waals surface area contributed by atoms with Crippen LogP contribution >= 0.6 is 11.8 Å². The van der Waals surface area contributed by atoms with Crippen LogP contribution in [0.1, 0.15) is 6.92 Å². The Labute approximate surface area is 97.5 Å². The highest BCUT2D eigenvalue weighted by Crippen LogP contribution is 2.21. The van der Waals surface area contributed by atoms with Crippen LogP contribution in [0.2, 0.25) is 0 Å². The Morgan fingerprint density at radius 3 is 2.88 bits per heavy atom. The Balaban J connectivity index is 2.10. The van der Waals surface area contributed by atoms with Crippen LogP contribution in [-0.4, -0.2) is 20.9 Å². The van der Waals surface area contributed by atoms with Gasteiger partial charge < -0.3 is 4.42 Å². The van der Waals surface area contributed by atoms with Crippen molar-refractivity contribution >= 4 is 11.8 Å². The summed E-state index contributed by atoms with van der Waals surface area (Å²) in [5.41, 5.74) is 0.871. The van der Waals surface area contributed by atoms with Gasteiger partial charge in [0.25, 0.3) is 5.22 Å². The van der Waals surface area contributed by atoms with E-state index in [1.54, 1.807) is 19.3 Å². The van der Waals surface area contributed by atoms with Gasteiger partial charge in [0.1, 0.15) is 0 Å². The normalized spacial score (nSPS) is 9.56. The summed E-state index contributed by atoms with van der Waals surface area (Å²) in [6.45, 7) is 1.80. The molecule has 0 N–H and O–H groups in total. The Morgan fingerprint density at radius 2 is 2.12 bits per heavy atom. The van der Waals surface area contributed by atoms with E-state index in [2.05, 4.69) is 27.0 Å². The zero-order chi connectivity index (χ0) is 11.2. The summed E-state index contributed by atoms with van der Waals surface area (Å²) in [4.78, 5) is 3.93. The Kier molecular flexibility index (Phi) is 3.57. The minimum atomic E-state index is 0.509. The van der Waals surface area contributed by atoms with Crippen LogP contribution in [0.15, 0.2) is 34.2 Å². The molecule has 0 saturated carbocycles. The molecule has 0 aliphatic carbocycles. The fraction of sp³-hybridized carbons (Fsp3) is 0.182. The van der Waals surface area contributed by atoms with Gasteiger partial charge in [0.15, 0.2) is 0 Å². The molecule has 0 saturated heterocycles. The van der Waals surface area contributed by atoms with Gasteiger partial charge in [0.2, 0.25) is 5.89 Å². The first-order valence-electron chi connectivity index (χ1n) is 4.66. The van der Waals surface area contributed by atoms with Crippen LogP contribution in [0, 0.1) is 11.8 Å². The number of thioether (sulfide) groups is 1. The molecule has 80 valence electrons. The molecule has 0 amide bonds. The first-order valence-corrected chi connectivity index (χ1v) is 5.65. The molecule has 0 bridgehead atoms. The maximum Gasteiger partial charge on any atom is 0.277 e. The van der Waals surface area contributed by atoms with Crippen LogP contribution in [0.25, 0.3) is 11.5 Å². The Morgan fingerprint density at radius 1 is 1.31 bits per heavy atom. The van der Waals surface area contributed by atoms with Crippen molar-refractivity contribution in [3.05, 3.63) is 24.5 Å². The van der Waals surface area contributed by atoms with Gasteiger partial charge in [-0.3, -0.25) is 4.98 Å². The monoisotopic (exact) mass is 231 g/mol. The molecule has 2 aromatic heterocycles. The van der Waals surface area contributed by atoms with Gasteiger partial charge in [-0.05, 0) is 19.1 Å². The molecular weight excluding hydrogens is 222 g/mol. The van der Waals surface area contributed by atoms with E-state index in [0.717, 1.165) is 5.56 Å². The molecule has 0 aromatic carbocycles. The van der Waals surface area contributed by atoms with Crippen molar-refractivity contribution in [1.82, 2.24) is 15.2 Å². The summed E-state index contributed by atoms with van der Waals surface area (Å²) < 4.78 is 5.46. The highest BCUT2D eigenvalue weighted by atomic mass is 32.2. The minimum Gasteiger partial charge on any atom is -0.411 e. The Bertz CT molecular complexity index is 513. The molecule has 2 rings (SSSR count). The summed E-state index contributed by atoms with van der Waals surface area (Å²) >= 11 is 1.43. The summed E-state index contributed by atoms with van der Waals surface area (Å²) in [5.74, 6) is 6.90. The molecule has 4 nitrogen and oxygen atoms in total. The lowest BCUT2D eigenvalue weighted by molar-refractivity contribution is 0.466. The first-order chi connectivity index (χ1) is 7.90. The number of hydrogen-bond donors (Lipinski definition) is 0. The van der Waals surface area contributed by atoms with Crippen molar-refractivity contribution in [2.45, 2.75) is 12.1 Å². The summed E-state index contributed by atoms with van der Waals surface area (Å²) in [7, 11) is 0. The van der Waals surface area contributed by atoms with Gasteiger partial charge in [-0.1, -0.05) is 17.7 Å². The second kappa shape index (κ2) is 5.33. The highest BCUT2D eigenvalue weighted by Gasteiger charge is 2.07. The summed E-state index contributed by atoms with van der Waals surface area (Å²) in [6, 6.07) is 3.65. The third-order valence-electron chi connectivity index (χ3n) is 1.78. The van der Waals surface area contributed by atoms with E-state index in [-0.39, 0.29) is 0 Å². The van der Waals surface area contributed by atoms with Crippen LogP contribution in [-0.2, 0) is 0 Å². The lowest BCUT2D eigenvalue weighted by Gasteiger charge is -1.91. The standard InChI is InChI=1S/C11H9N3OS/c1-2-3-8-16-11-14-13-10(15-11)9-4-6-12-7-5-9/h4-7H,8H2,1H3. The molecule has 0 aliphatic heterocycles. The number of pyridine rings is 1. The molecule has 16 heavy (non-hydrogen) atoms. The third-order valence-corrected chi connectivity index (χ3v) is 2.48. The maximum absolute atomic E-state index is 5.46. The largest absolute Gasteiger partial charge is 0.411 e. The second-order valence-corrected chi connectivity index (χ2v) is 3.75. The van der Waals surface area contributed by atoms with E-state index in [1.165, 1.54) is 11.8 Å². The van der Waals surface area contributed by atoms with Crippen molar-refractivity contribution in [3.8, 4) is 23.3 Å². The van der Waals surface area contributed by atoms with E-state index in [1.807, 2.05) is 12.1 Å². The smallest absolute Gasteiger partial charge is 0.277 e. The van der Waals surface area contributed by atoms with Gasteiger partial charge in [0, 0.05) is 18.0 Å². The van der Waals surface area contributed by atoms with E-state index < -0.39 is 0 Å². The number of aromatic nitrogens is 3. The fourth-order valence-electron chi connectivity index (χ4n) is 1.05. The highest BCUT2D eigenvalue weighted by molar-refractivity contribution is 7.99. The van der Waals surface area contributed by atoms with Crippen molar-refractivity contribution < 1.29 is 4.42 Å². The average Bonchev–Trinajstić information content (AvgIpc) is 2.79. The van der Waals surface area contributed by atoms with Crippen molar-refractivity contribution in [2.75, 3.05) is 5.75 Å². The SMILES string of the molecule is CC#CCSc1nnc(-c2ccncc2)o1. The molecule has 0 unspecified atom stereocenters. The van der Waals surface area contributed by atoms with Crippen LogP contribution in [0.3, 0.4) is 0 Å². The minimum absolute atomic E-state index is 0.509.